The summed E-state index contributed by atoms with van der Waals surface area (Å²) >= 11 is 0. The fourth-order valence-corrected chi connectivity index (χ4v) is 2.66. The zero-order valence-electron chi connectivity index (χ0n) is 15.9. The standard InChI is InChI=1S/C23H24N2O3/c1-27-19-13-11-18(12-14-19)17-25-23(26)15-16-24-21-9-5-6-10-22(21)28-20-7-3-2-4-8-20/h2-14,24H,15-17H2,1H3,(H,25,26). The summed E-state index contributed by atoms with van der Waals surface area (Å²) in [7, 11) is 1.63. The third-order valence-electron chi connectivity index (χ3n) is 4.17. The van der Waals surface area contributed by atoms with Crippen LogP contribution in [0, 0.1) is 0 Å². The lowest BCUT2D eigenvalue weighted by atomic mass is 10.2. The van der Waals surface area contributed by atoms with Crippen LogP contribution < -0.4 is 20.1 Å². The van der Waals surface area contributed by atoms with Gasteiger partial charge in [0.2, 0.25) is 5.91 Å². The van der Waals surface area contributed by atoms with E-state index in [9.17, 15) is 4.79 Å². The Morgan fingerprint density at radius 2 is 1.57 bits per heavy atom. The van der Waals surface area contributed by atoms with E-state index in [4.69, 9.17) is 9.47 Å². The van der Waals surface area contributed by atoms with Crippen LogP contribution in [-0.4, -0.2) is 19.6 Å². The minimum atomic E-state index is -0.00947. The first kappa shape index (κ1) is 19.3. The summed E-state index contributed by atoms with van der Waals surface area (Å²) in [4.78, 5) is 12.1. The monoisotopic (exact) mass is 376 g/mol. The molecule has 3 aromatic carbocycles. The van der Waals surface area contributed by atoms with Gasteiger partial charge in [-0.1, -0.05) is 42.5 Å². The normalized spacial score (nSPS) is 10.2. The van der Waals surface area contributed by atoms with Crippen molar-refractivity contribution in [1.82, 2.24) is 5.32 Å². The maximum absolute atomic E-state index is 12.1. The van der Waals surface area contributed by atoms with Crippen molar-refractivity contribution < 1.29 is 14.3 Å². The summed E-state index contributed by atoms with van der Waals surface area (Å²) in [5.74, 6) is 2.29. The molecule has 144 valence electrons. The number of hydrogen-bond donors (Lipinski definition) is 2. The Labute approximate surface area is 165 Å². The molecule has 0 saturated heterocycles. The summed E-state index contributed by atoms with van der Waals surface area (Å²) in [5.41, 5.74) is 1.89. The van der Waals surface area contributed by atoms with E-state index in [1.54, 1.807) is 7.11 Å². The van der Waals surface area contributed by atoms with Crippen LogP contribution in [0.1, 0.15) is 12.0 Å². The third-order valence-corrected chi connectivity index (χ3v) is 4.17. The first-order valence-electron chi connectivity index (χ1n) is 9.20. The Morgan fingerprint density at radius 1 is 0.857 bits per heavy atom. The molecule has 0 fully saturated rings. The van der Waals surface area contributed by atoms with Gasteiger partial charge in [-0.2, -0.15) is 0 Å². The molecule has 3 rings (SSSR count). The van der Waals surface area contributed by atoms with Crippen molar-refractivity contribution in [1.29, 1.82) is 0 Å². The SMILES string of the molecule is COc1ccc(CNC(=O)CCNc2ccccc2Oc2ccccc2)cc1. The predicted octanol–water partition coefficient (Wildman–Crippen LogP) is 4.61. The molecule has 3 aromatic rings. The Balaban J connectivity index is 1.46. The first-order valence-corrected chi connectivity index (χ1v) is 9.20. The van der Waals surface area contributed by atoms with E-state index in [1.807, 2.05) is 78.9 Å². The van der Waals surface area contributed by atoms with Gasteiger partial charge in [-0.25, -0.2) is 0 Å². The molecule has 0 radical (unpaired) electrons. The van der Waals surface area contributed by atoms with Crippen molar-refractivity contribution in [2.45, 2.75) is 13.0 Å². The molecule has 0 saturated carbocycles. The zero-order valence-corrected chi connectivity index (χ0v) is 15.9. The summed E-state index contributed by atoms with van der Waals surface area (Å²) in [6, 6.07) is 25.0. The Morgan fingerprint density at radius 3 is 2.32 bits per heavy atom. The van der Waals surface area contributed by atoms with Crippen molar-refractivity contribution >= 4 is 11.6 Å². The largest absolute Gasteiger partial charge is 0.497 e. The molecule has 0 aliphatic heterocycles. The van der Waals surface area contributed by atoms with Crippen LogP contribution in [0.15, 0.2) is 78.9 Å². The molecule has 5 heteroatoms. The minimum Gasteiger partial charge on any atom is -0.497 e. The molecule has 0 bridgehead atoms. The topological polar surface area (TPSA) is 59.6 Å². The number of carbonyl (C=O) groups is 1. The van der Waals surface area contributed by atoms with Gasteiger partial charge in [0.05, 0.1) is 12.8 Å². The molecule has 5 nitrogen and oxygen atoms in total. The lowest BCUT2D eigenvalue weighted by molar-refractivity contribution is -0.121. The fourth-order valence-electron chi connectivity index (χ4n) is 2.66. The number of methoxy groups -OCH3 is 1. The zero-order chi connectivity index (χ0) is 19.6. The van der Waals surface area contributed by atoms with Crippen molar-refractivity contribution in [2.75, 3.05) is 19.0 Å². The molecule has 0 atom stereocenters. The average molecular weight is 376 g/mol. The van der Waals surface area contributed by atoms with E-state index in [1.165, 1.54) is 0 Å². The summed E-state index contributed by atoms with van der Waals surface area (Å²) in [6.45, 7) is 1.01. The van der Waals surface area contributed by atoms with E-state index >= 15 is 0 Å². The number of anilines is 1. The maximum Gasteiger partial charge on any atom is 0.222 e. The Bertz CT molecular complexity index is 880. The number of hydrogen-bond acceptors (Lipinski definition) is 4. The van der Waals surface area contributed by atoms with Gasteiger partial charge < -0.3 is 20.1 Å². The number of nitrogens with one attached hydrogen (secondary N) is 2. The highest BCUT2D eigenvalue weighted by Gasteiger charge is 2.06. The number of amides is 1. The van der Waals surface area contributed by atoms with E-state index in [0.717, 1.165) is 28.5 Å². The average Bonchev–Trinajstić information content (AvgIpc) is 2.74. The van der Waals surface area contributed by atoms with E-state index in [2.05, 4.69) is 10.6 Å². The van der Waals surface area contributed by atoms with Crippen LogP contribution in [0.2, 0.25) is 0 Å². The van der Waals surface area contributed by atoms with E-state index in [-0.39, 0.29) is 5.91 Å². The number of carbonyl (C=O) groups excluding carboxylic acids is 1. The highest BCUT2D eigenvalue weighted by atomic mass is 16.5. The molecule has 0 unspecified atom stereocenters. The smallest absolute Gasteiger partial charge is 0.222 e. The Hall–Kier alpha value is -3.47. The van der Waals surface area contributed by atoms with Gasteiger partial charge in [-0.15, -0.1) is 0 Å². The van der Waals surface area contributed by atoms with Gasteiger partial charge in [-0.3, -0.25) is 4.79 Å². The summed E-state index contributed by atoms with van der Waals surface area (Å²) in [5, 5.41) is 6.20. The molecule has 0 aliphatic rings. The molecular formula is C23H24N2O3. The van der Waals surface area contributed by atoms with Gasteiger partial charge >= 0.3 is 0 Å². The molecule has 0 spiro atoms. The van der Waals surface area contributed by atoms with Crippen molar-refractivity contribution in [3.63, 3.8) is 0 Å². The van der Waals surface area contributed by atoms with Crippen LogP contribution in [-0.2, 0) is 11.3 Å². The van der Waals surface area contributed by atoms with Crippen LogP contribution in [0.3, 0.4) is 0 Å². The lowest BCUT2D eigenvalue weighted by Crippen LogP contribution is -2.24. The van der Waals surface area contributed by atoms with Crippen molar-refractivity contribution in [3.05, 3.63) is 84.4 Å². The number of rotatable bonds is 9. The van der Waals surface area contributed by atoms with Gasteiger partial charge in [0, 0.05) is 19.5 Å². The highest BCUT2D eigenvalue weighted by Crippen LogP contribution is 2.28. The first-order chi connectivity index (χ1) is 13.7. The number of benzene rings is 3. The van der Waals surface area contributed by atoms with Gasteiger partial charge in [0.25, 0.3) is 0 Å². The quantitative estimate of drug-likeness (QED) is 0.573. The summed E-state index contributed by atoms with van der Waals surface area (Å²) < 4.78 is 11.0. The number of para-hydroxylation sites is 3. The van der Waals surface area contributed by atoms with Crippen LogP contribution in [0.4, 0.5) is 5.69 Å². The molecule has 1 amide bonds. The molecular weight excluding hydrogens is 352 g/mol. The minimum absolute atomic E-state index is 0.00947. The van der Waals surface area contributed by atoms with E-state index < -0.39 is 0 Å². The second-order valence-corrected chi connectivity index (χ2v) is 6.21. The highest BCUT2D eigenvalue weighted by molar-refractivity contribution is 5.76. The van der Waals surface area contributed by atoms with Gasteiger partial charge in [0.15, 0.2) is 5.75 Å². The molecule has 0 heterocycles. The summed E-state index contributed by atoms with van der Waals surface area (Å²) in [6.07, 6.45) is 0.371. The lowest BCUT2D eigenvalue weighted by Gasteiger charge is -2.13. The number of ether oxygens (including phenoxy) is 2. The van der Waals surface area contributed by atoms with E-state index in [0.29, 0.717) is 19.5 Å². The third kappa shape index (κ3) is 5.77. The predicted molar refractivity (Wildman–Crippen MR) is 111 cm³/mol. The van der Waals surface area contributed by atoms with Gasteiger partial charge in [0.1, 0.15) is 11.5 Å². The van der Waals surface area contributed by atoms with Crippen LogP contribution >= 0.6 is 0 Å². The van der Waals surface area contributed by atoms with Crippen molar-refractivity contribution in [3.8, 4) is 17.2 Å². The molecule has 28 heavy (non-hydrogen) atoms. The second kappa shape index (κ2) is 10.0. The maximum atomic E-state index is 12.1. The second-order valence-electron chi connectivity index (χ2n) is 6.21. The van der Waals surface area contributed by atoms with Gasteiger partial charge in [-0.05, 0) is 42.0 Å². The Kier molecular flexibility index (Phi) is 6.90. The van der Waals surface area contributed by atoms with Crippen LogP contribution in [0.5, 0.6) is 17.2 Å². The molecule has 0 aliphatic carbocycles. The van der Waals surface area contributed by atoms with Crippen LogP contribution in [0.25, 0.3) is 0 Å². The molecule has 0 aromatic heterocycles. The fraction of sp³-hybridized carbons (Fsp3) is 0.174. The molecule has 2 N–H and O–H groups in total. The van der Waals surface area contributed by atoms with Crippen molar-refractivity contribution in [2.24, 2.45) is 0 Å².